The van der Waals surface area contributed by atoms with E-state index < -0.39 is 6.04 Å². The summed E-state index contributed by atoms with van der Waals surface area (Å²) in [6, 6.07) is 16.1. The molecule has 1 unspecified atom stereocenters. The van der Waals surface area contributed by atoms with E-state index in [0.29, 0.717) is 13.0 Å². The average Bonchev–Trinajstić information content (AvgIpc) is 3.08. The molecular weight excluding hydrogens is 364 g/mol. The van der Waals surface area contributed by atoms with Crippen LogP contribution >= 0.6 is 0 Å². The first kappa shape index (κ1) is 20.6. The quantitative estimate of drug-likeness (QED) is 0.574. The second kappa shape index (κ2) is 8.92. The second-order valence-corrected chi connectivity index (χ2v) is 7.56. The van der Waals surface area contributed by atoms with Gasteiger partial charge in [0, 0.05) is 17.3 Å². The zero-order valence-electron chi connectivity index (χ0n) is 17.1. The lowest BCUT2D eigenvalue weighted by atomic mass is 10.0. The van der Waals surface area contributed by atoms with Gasteiger partial charge in [-0.1, -0.05) is 42.5 Å². The Morgan fingerprint density at radius 1 is 1.14 bits per heavy atom. The number of aryl methyl sites for hydroxylation is 1. The number of nitrogens with two attached hydrogens (primary N) is 1. The fourth-order valence-corrected chi connectivity index (χ4v) is 3.34. The molecule has 6 nitrogen and oxygen atoms in total. The minimum atomic E-state index is -0.661. The van der Waals surface area contributed by atoms with Gasteiger partial charge in [0.1, 0.15) is 11.6 Å². The van der Waals surface area contributed by atoms with Gasteiger partial charge in [-0.05, 0) is 44.9 Å². The summed E-state index contributed by atoms with van der Waals surface area (Å²) in [5, 5.41) is 9.41. The zero-order chi connectivity index (χ0) is 21.0. The van der Waals surface area contributed by atoms with Gasteiger partial charge in [0.05, 0.1) is 18.3 Å². The number of aromatic hydroxyl groups is 1. The van der Waals surface area contributed by atoms with Gasteiger partial charge < -0.3 is 20.7 Å². The van der Waals surface area contributed by atoms with Crippen molar-refractivity contribution in [2.45, 2.75) is 45.8 Å². The molecule has 2 aromatic carbocycles. The van der Waals surface area contributed by atoms with Crippen molar-refractivity contribution in [1.82, 2.24) is 14.9 Å². The Kier molecular flexibility index (Phi) is 6.34. The molecule has 0 aliphatic heterocycles. The van der Waals surface area contributed by atoms with E-state index in [4.69, 9.17) is 10.7 Å². The summed E-state index contributed by atoms with van der Waals surface area (Å²) in [5.41, 5.74) is 10.0. The first-order valence-corrected chi connectivity index (χ1v) is 9.80. The van der Waals surface area contributed by atoms with Crippen LogP contribution in [0.15, 0.2) is 54.6 Å². The van der Waals surface area contributed by atoms with E-state index in [1.54, 1.807) is 29.2 Å². The maximum atomic E-state index is 13.0. The molecule has 1 aromatic heterocycles. The molecule has 0 fully saturated rings. The maximum Gasteiger partial charge on any atom is 0.240 e. The van der Waals surface area contributed by atoms with Crippen LogP contribution in [0.5, 0.6) is 5.75 Å². The number of phenols is 1. The van der Waals surface area contributed by atoms with Crippen molar-refractivity contribution in [2.24, 2.45) is 5.73 Å². The monoisotopic (exact) mass is 392 g/mol. The fourth-order valence-electron chi connectivity index (χ4n) is 3.34. The van der Waals surface area contributed by atoms with Crippen LogP contribution in [0.25, 0.3) is 11.3 Å². The van der Waals surface area contributed by atoms with Gasteiger partial charge in [-0.25, -0.2) is 4.98 Å². The Balaban J connectivity index is 1.74. The van der Waals surface area contributed by atoms with Crippen molar-refractivity contribution in [3.8, 4) is 17.0 Å². The van der Waals surface area contributed by atoms with E-state index >= 15 is 0 Å². The SMILES string of the molecule is Cc1[nH]c(CN(C(=O)C(N)Cc2ccc(O)cc2)C(C)C)nc1-c1ccccc1. The summed E-state index contributed by atoms with van der Waals surface area (Å²) >= 11 is 0. The molecule has 0 saturated heterocycles. The zero-order valence-corrected chi connectivity index (χ0v) is 17.1. The standard InChI is InChI=1S/C23H28N4O2/c1-15(2)27(23(29)20(24)13-17-9-11-19(28)12-10-17)14-21-25-16(3)22(26-21)18-7-5-4-6-8-18/h4-12,15,20,28H,13-14,24H2,1-3H3,(H,25,26). The number of benzene rings is 2. The van der Waals surface area contributed by atoms with Gasteiger partial charge in [0.2, 0.25) is 5.91 Å². The van der Waals surface area contributed by atoms with E-state index in [1.165, 1.54) is 0 Å². The fraction of sp³-hybridized carbons (Fsp3) is 0.304. The number of nitrogens with one attached hydrogen (secondary N) is 1. The van der Waals surface area contributed by atoms with Crippen LogP contribution in [0.3, 0.4) is 0 Å². The molecule has 0 bridgehead atoms. The number of carbonyl (C=O) groups excluding carboxylic acids is 1. The van der Waals surface area contributed by atoms with Gasteiger partial charge >= 0.3 is 0 Å². The lowest BCUT2D eigenvalue weighted by molar-refractivity contribution is -0.135. The normalized spacial score (nSPS) is 12.2. The smallest absolute Gasteiger partial charge is 0.240 e. The number of amides is 1. The molecule has 3 rings (SSSR count). The maximum absolute atomic E-state index is 13.0. The highest BCUT2D eigenvalue weighted by molar-refractivity contribution is 5.82. The Morgan fingerprint density at radius 3 is 2.41 bits per heavy atom. The van der Waals surface area contributed by atoms with Crippen molar-refractivity contribution in [3.63, 3.8) is 0 Å². The van der Waals surface area contributed by atoms with Crippen molar-refractivity contribution in [3.05, 3.63) is 71.7 Å². The van der Waals surface area contributed by atoms with E-state index in [0.717, 1.165) is 28.3 Å². The minimum absolute atomic E-state index is 0.0149. The molecule has 29 heavy (non-hydrogen) atoms. The lowest BCUT2D eigenvalue weighted by Gasteiger charge is -2.28. The molecule has 0 saturated carbocycles. The number of aromatic amines is 1. The van der Waals surface area contributed by atoms with Crippen molar-refractivity contribution < 1.29 is 9.90 Å². The third kappa shape index (κ3) is 5.03. The first-order chi connectivity index (χ1) is 13.8. The number of rotatable bonds is 7. The summed E-state index contributed by atoms with van der Waals surface area (Å²) < 4.78 is 0. The lowest BCUT2D eigenvalue weighted by Crippen LogP contribution is -2.47. The van der Waals surface area contributed by atoms with E-state index in [9.17, 15) is 9.90 Å². The number of aromatic nitrogens is 2. The summed E-state index contributed by atoms with van der Waals surface area (Å²) in [6.45, 7) is 6.29. The summed E-state index contributed by atoms with van der Waals surface area (Å²) in [5.74, 6) is 0.809. The molecule has 3 aromatic rings. The molecule has 0 radical (unpaired) electrons. The Bertz CT molecular complexity index is 949. The molecule has 6 heteroatoms. The van der Waals surface area contributed by atoms with Crippen LogP contribution in [0.2, 0.25) is 0 Å². The molecule has 0 spiro atoms. The van der Waals surface area contributed by atoms with Crippen molar-refractivity contribution in [2.75, 3.05) is 0 Å². The molecule has 1 heterocycles. The molecule has 4 N–H and O–H groups in total. The molecule has 152 valence electrons. The predicted molar refractivity (Wildman–Crippen MR) is 114 cm³/mol. The van der Waals surface area contributed by atoms with E-state index in [1.807, 2.05) is 51.1 Å². The van der Waals surface area contributed by atoms with Crippen LogP contribution in [-0.2, 0) is 17.8 Å². The molecule has 0 aliphatic rings. The number of hydrogen-bond acceptors (Lipinski definition) is 4. The highest BCUT2D eigenvalue weighted by Gasteiger charge is 2.25. The number of H-pyrrole nitrogens is 1. The Hall–Kier alpha value is -3.12. The van der Waals surface area contributed by atoms with Gasteiger partial charge in [-0.3, -0.25) is 4.79 Å². The predicted octanol–water partition coefficient (Wildman–Crippen LogP) is 3.40. The van der Waals surface area contributed by atoms with Crippen molar-refractivity contribution >= 4 is 5.91 Å². The average molecular weight is 393 g/mol. The number of hydrogen-bond donors (Lipinski definition) is 3. The van der Waals surface area contributed by atoms with Gasteiger partial charge in [0.15, 0.2) is 0 Å². The number of imidazole rings is 1. The molecular formula is C23H28N4O2. The van der Waals surface area contributed by atoms with Gasteiger partial charge in [-0.2, -0.15) is 0 Å². The van der Waals surface area contributed by atoms with Crippen molar-refractivity contribution in [1.29, 1.82) is 0 Å². The highest BCUT2D eigenvalue weighted by Crippen LogP contribution is 2.22. The molecule has 1 atom stereocenters. The molecule has 0 aliphatic carbocycles. The number of carbonyl (C=O) groups is 1. The largest absolute Gasteiger partial charge is 0.508 e. The summed E-state index contributed by atoms with van der Waals surface area (Å²) in [4.78, 5) is 22.8. The third-order valence-corrected chi connectivity index (χ3v) is 4.92. The van der Waals surface area contributed by atoms with E-state index in [2.05, 4.69) is 4.98 Å². The van der Waals surface area contributed by atoms with Crippen LogP contribution in [-0.4, -0.2) is 38.0 Å². The number of phenolic OH excluding ortho intramolecular Hbond substituents is 1. The van der Waals surface area contributed by atoms with Gasteiger partial charge in [0.25, 0.3) is 0 Å². The summed E-state index contributed by atoms with van der Waals surface area (Å²) in [7, 11) is 0. The van der Waals surface area contributed by atoms with Crippen LogP contribution < -0.4 is 5.73 Å². The molecule has 1 amide bonds. The summed E-state index contributed by atoms with van der Waals surface area (Å²) in [6.07, 6.45) is 0.411. The Morgan fingerprint density at radius 2 is 1.79 bits per heavy atom. The number of nitrogens with zero attached hydrogens (tertiary/aromatic N) is 2. The highest BCUT2D eigenvalue weighted by atomic mass is 16.3. The third-order valence-electron chi connectivity index (χ3n) is 4.92. The first-order valence-electron chi connectivity index (χ1n) is 9.80. The van der Waals surface area contributed by atoms with Gasteiger partial charge in [-0.15, -0.1) is 0 Å². The Labute approximate surface area is 171 Å². The topological polar surface area (TPSA) is 95.2 Å². The van der Waals surface area contributed by atoms with E-state index in [-0.39, 0.29) is 17.7 Å². The van der Waals surface area contributed by atoms with Crippen LogP contribution in [0.1, 0.15) is 30.9 Å². The second-order valence-electron chi connectivity index (χ2n) is 7.56. The van der Waals surface area contributed by atoms with Crippen LogP contribution in [0.4, 0.5) is 0 Å². The minimum Gasteiger partial charge on any atom is -0.508 e. The van der Waals surface area contributed by atoms with Crippen LogP contribution in [0, 0.1) is 6.92 Å².